The molecule has 11 rings (SSSR count). The Kier molecular flexibility index (Phi) is 7.27. The molecule has 7 aromatic carbocycles. The van der Waals surface area contributed by atoms with Crippen LogP contribution >= 0.6 is 9.24 Å². The van der Waals surface area contributed by atoms with Crippen LogP contribution in [0.5, 0.6) is 0 Å². The number of aryl methyl sites for hydroxylation is 1. The molecule has 0 saturated heterocycles. The van der Waals surface area contributed by atoms with E-state index in [-0.39, 0.29) is 10.8 Å². The lowest BCUT2D eigenvalue weighted by Gasteiger charge is -2.24. The van der Waals surface area contributed by atoms with Gasteiger partial charge in [-0.2, -0.15) is 0 Å². The Morgan fingerprint density at radius 3 is 1.88 bits per heavy atom. The zero-order valence-electron chi connectivity index (χ0n) is 32.4. The van der Waals surface area contributed by atoms with Gasteiger partial charge in [0, 0.05) is 27.6 Å². The highest BCUT2D eigenvalue weighted by molar-refractivity contribution is 7.28. The third-order valence-corrected chi connectivity index (χ3v) is 13.7. The molecule has 1 aromatic heterocycles. The molecule has 1 unspecified atom stereocenters. The lowest BCUT2D eigenvalue weighted by molar-refractivity contribution is 0.651. The van der Waals surface area contributed by atoms with Gasteiger partial charge < -0.3 is 4.57 Å². The molecule has 270 valence electrons. The van der Waals surface area contributed by atoms with Crippen LogP contribution in [0, 0.1) is 0 Å². The fourth-order valence-corrected chi connectivity index (χ4v) is 10.7. The average Bonchev–Trinajstić information content (AvgIpc) is 3.77. The van der Waals surface area contributed by atoms with Crippen molar-refractivity contribution in [2.24, 2.45) is 0 Å². The molecule has 1 heterocycles. The van der Waals surface area contributed by atoms with Gasteiger partial charge in [0.1, 0.15) is 0 Å². The van der Waals surface area contributed by atoms with Gasteiger partial charge in [-0.15, -0.1) is 9.24 Å². The van der Waals surface area contributed by atoms with Crippen LogP contribution in [-0.4, -0.2) is 4.57 Å². The second-order valence-electron chi connectivity index (χ2n) is 17.1. The first-order valence-electron chi connectivity index (χ1n) is 20.0. The van der Waals surface area contributed by atoms with Crippen molar-refractivity contribution in [3.8, 4) is 61.3 Å². The third-order valence-electron chi connectivity index (χ3n) is 13.2. The minimum absolute atomic E-state index is 0.112. The van der Waals surface area contributed by atoms with Gasteiger partial charge >= 0.3 is 0 Å². The summed E-state index contributed by atoms with van der Waals surface area (Å²) in [6.45, 7) is 9.64. The third kappa shape index (κ3) is 4.77. The van der Waals surface area contributed by atoms with Crippen LogP contribution in [0.15, 0.2) is 152 Å². The predicted octanol–water partition coefficient (Wildman–Crippen LogP) is 13.7. The summed E-state index contributed by atoms with van der Waals surface area (Å²) in [6, 6.07) is 54.9. The smallest absolute Gasteiger partial charge is 0.0537 e. The number of hydrogen-bond donors (Lipinski definition) is 0. The highest BCUT2D eigenvalue weighted by Gasteiger charge is 2.44. The van der Waals surface area contributed by atoms with E-state index in [0.29, 0.717) is 0 Å². The normalized spacial score (nSPS) is 15.3. The van der Waals surface area contributed by atoms with Crippen molar-refractivity contribution in [2.75, 3.05) is 0 Å². The van der Waals surface area contributed by atoms with E-state index in [9.17, 15) is 0 Å². The Morgan fingerprint density at radius 1 is 0.500 bits per heavy atom. The van der Waals surface area contributed by atoms with Crippen molar-refractivity contribution in [1.29, 1.82) is 0 Å². The number of benzene rings is 7. The van der Waals surface area contributed by atoms with Crippen LogP contribution in [-0.2, 0) is 17.3 Å². The first kappa shape index (κ1) is 33.6. The molecular weight excluding hydrogens is 694 g/mol. The maximum Gasteiger partial charge on any atom is 0.0537 e. The molecule has 3 aliphatic rings. The molecule has 0 aliphatic heterocycles. The van der Waals surface area contributed by atoms with Crippen LogP contribution in [0.25, 0.3) is 78.3 Å². The van der Waals surface area contributed by atoms with Crippen LogP contribution in [0.1, 0.15) is 67.6 Å². The topological polar surface area (TPSA) is 4.93 Å². The Labute approximate surface area is 332 Å². The van der Waals surface area contributed by atoms with Gasteiger partial charge in [-0.05, 0) is 144 Å². The Hall–Kier alpha value is -5.75. The molecule has 0 spiro atoms. The van der Waals surface area contributed by atoms with Gasteiger partial charge in [-0.1, -0.05) is 143 Å². The van der Waals surface area contributed by atoms with Crippen molar-refractivity contribution in [3.63, 3.8) is 0 Å². The maximum absolute atomic E-state index is 2.96. The highest BCUT2D eigenvalue weighted by atomic mass is 31.0. The molecule has 56 heavy (non-hydrogen) atoms. The Morgan fingerprint density at radius 2 is 1.09 bits per heavy atom. The first-order chi connectivity index (χ1) is 27.2. The molecule has 0 N–H and O–H groups in total. The minimum atomic E-state index is -0.114. The maximum atomic E-state index is 2.96. The van der Waals surface area contributed by atoms with Gasteiger partial charge in [0.15, 0.2) is 0 Å². The zero-order chi connectivity index (χ0) is 37.9. The van der Waals surface area contributed by atoms with Crippen LogP contribution in [0.4, 0.5) is 0 Å². The monoisotopic (exact) mass is 737 g/mol. The Balaban J connectivity index is 1.07. The largest absolute Gasteiger partial charge is 0.310 e. The van der Waals surface area contributed by atoms with E-state index in [4.69, 9.17) is 0 Å². The number of fused-ring (bicyclic) bond motifs is 10. The SMILES string of the molecule is CC1(C)c2ccc(-c3cccc(-c4cc(-c5ccccc5)ccc4P)c3)cc2-c2c1ccc1c2-c2cc(-n3c4c(c5ccccc53)CCC=C4)ccc2C1(C)C. The fourth-order valence-electron chi connectivity index (χ4n) is 10.3. The summed E-state index contributed by atoms with van der Waals surface area (Å²) in [5.41, 5.74) is 23.7. The van der Waals surface area contributed by atoms with Crippen molar-refractivity contribution in [2.45, 2.75) is 51.4 Å². The number of aromatic nitrogens is 1. The summed E-state index contributed by atoms with van der Waals surface area (Å²) in [5, 5.41) is 2.58. The summed E-state index contributed by atoms with van der Waals surface area (Å²) >= 11 is 0. The van der Waals surface area contributed by atoms with Gasteiger partial charge in [0.05, 0.1) is 5.52 Å². The van der Waals surface area contributed by atoms with Gasteiger partial charge in [0.25, 0.3) is 0 Å². The molecule has 2 heteroatoms. The van der Waals surface area contributed by atoms with E-state index in [2.05, 4.69) is 199 Å². The van der Waals surface area contributed by atoms with E-state index in [1.807, 2.05) is 0 Å². The van der Waals surface area contributed by atoms with E-state index in [1.54, 1.807) is 0 Å². The summed E-state index contributed by atoms with van der Waals surface area (Å²) in [5.74, 6) is 0. The van der Waals surface area contributed by atoms with Crippen molar-refractivity contribution >= 4 is 31.5 Å². The molecule has 0 saturated carbocycles. The molecule has 8 aromatic rings. The molecule has 0 fully saturated rings. The summed E-state index contributed by atoms with van der Waals surface area (Å²) in [7, 11) is 2.96. The second-order valence-corrected chi connectivity index (χ2v) is 17.7. The average molecular weight is 738 g/mol. The van der Waals surface area contributed by atoms with Crippen molar-refractivity contribution < 1.29 is 0 Å². The van der Waals surface area contributed by atoms with Gasteiger partial charge in [0.2, 0.25) is 0 Å². The molecule has 0 amide bonds. The summed E-state index contributed by atoms with van der Waals surface area (Å²) < 4.78 is 2.51. The number of nitrogens with zero attached hydrogens (tertiary/aromatic N) is 1. The van der Waals surface area contributed by atoms with Crippen LogP contribution in [0.2, 0.25) is 0 Å². The molecule has 0 bridgehead atoms. The van der Waals surface area contributed by atoms with Gasteiger partial charge in [-0.3, -0.25) is 0 Å². The van der Waals surface area contributed by atoms with Gasteiger partial charge in [-0.25, -0.2) is 0 Å². The molecule has 3 aliphatic carbocycles. The van der Waals surface area contributed by atoms with E-state index >= 15 is 0 Å². The number of rotatable bonds is 4. The van der Waals surface area contributed by atoms with Crippen LogP contribution in [0.3, 0.4) is 0 Å². The number of allylic oxidation sites excluding steroid dienone is 1. The predicted molar refractivity (Wildman–Crippen MR) is 241 cm³/mol. The quantitative estimate of drug-likeness (QED) is 0.159. The second kappa shape index (κ2) is 12.1. The zero-order valence-corrected chi connectivity index (χ0v) is 33.6. The first-order valence-corrected chi connectivity index (χ1v) is 20.6. The molecule has 1 atom stereocenters. The Bertz CT molecular complexity index is 2970. The number of hydrogen-bond acceptors (Lipinski definition) is 0. The lowest BCUT2D eigenvalue weighted by Crippen LogP contribution is -2.17. The van der Waals surface area contributed by atoms with E-state index in [0.717, 1.165) is 12.8 Å². The molecular formula is C54H44NP. The summed E-state index contributed by atoms with van der Waals surface area (Å²) in [4.78, 5) is 0. The standard InChI is InChI=1S/C54H44NP/c1-53(2)44-24-21-36(34-15-12-16-37(29-34)41-30-35(22-28-50(41)56)33-13-6-5-7-14-33)31-42(44)51-46(53)26-27-47-52(51)43-32-38(23-25-45(43)54(47,3)4)55-48-19-10-8-17-39(48)40-18-9-11-20-49(40)55/h5-8,10-17,19-32H,9,18,56H2,1-4H3. The fraction of sp³-hybridized carbons (Fsp3) is 0.148. The lowest BCUT2D eigenvalue weighted by atomic mass is 9.79. The summed E-state index contributed by atoms with van der Waals surface area (Å²) in [6.07, 6.45) is 6.87. The van der Waals surface area contributed by atoms with E-state index in [1.165, 1.54) is 111 Å². The van der Waals surface area contributed by atoms with Crippen LogP contribution < -0.4 is 5.30 Å². The molecule has 0 radical (unpaired) electrons. The van der Waals surface area contributed by atoms with Crippen molar-refractivity contribution in [1.82, 2.24) is 4.57 Å². The van der Waals surface area contributed by atoms with E-state index < -0.39 is 0 Å². The highest BCUT2D eigenvalue weighted by Crippen LogP contribution is 2.59. The van der Waals surface area contributed by atoms with Crippen molar-refractivity contribution in [3.05, 3.63) is 185 Å². The number of para-hydroxylation sites is 1. The molecule has 1 nitrogen and oxygen atoms in total. The minimum Gasteiger partial charge on any atom is -0.310 e.